The van der Waals surface area contributed by atoms with Crippen LogP contribution in [0.5, 0.6) is 0 Å². The van der Waals surface area contributed by atoms with E-state index in [9.17, 15) is 8.78 Å². The Hall–Kier alpha value is -1.55. The SMILES string of the molecule is NC(c1cncc2ccccc12)C1CCC(F)(F)CC1. The summed E-state index contributed by atoms with van der Waals surface area (Å²) in [6.07, 6.45) is 4.45. The number of benzene rings is 1. The van der Waals surface area contributed by atoms with Crippen LogP contribution in [-0.4, -0.2) is 10.9 Å². The van der Waals surface area contributed by atoms with Gasteiger partial charge in [0.1, 0.15) is 0 Å². The lowest BCUT2D eigenvalue weighted by Crippen LogP contribution is -2.31. The fraction of sp³-hybridized carbons (Fsp3) is 0.438. The number of aromatic nitrogens is 1. The summed E-state index contributed by atoms with van der Waals surface area (Å²) in [4.78, 5) is 4.23. The quantitative estimate of drug-likeness (QED) is 0.898. The van der Waals surface area contributed by atoms with Gasteiger partial charge in [0, 0.05) is 36.7 Å². The van der Waals surface area contributed by atoms with E-state index in [0.717, 1.165) is 16.3 Å². The van der Waals surface area contributed by atoms with Crippen LogP contribution in [0.1, 0.15) is 37.3 Å². The fourth-order valence-electron chi connectivity index (χ4n) is 3.08. The zero-order chi connectivity index (χ0) is 14.2. The standard InChI is InChI=1S/C16H18F2N2/c17-16(18)7-5-11(6-8-16)15(19)14-10-20-9-12-3-1-2-4-13(12)14/h1-4,9-11,15H,5-8,19H2. The zero-order valence-electron chi connectivity index (χ0n) is 11.2. The van der Waals surface area contributed by atoms with Gasteiger partial charge in [0.25, 0.3) is 0 Å². The van der Waals surface area contributed by atoms with Crippen molar-refractivity contribution >= 4 is 10.8 Å². The maximum atomic E-state index is 13.2. The van der Waals surface area contributed by atoms with Crippen LogP contribution in [-0.2, 0) is 0 Å². The summed E-state index contributed by atoms with van der Waals surface area (Å²) in [5.74, 6) is -2.39. The van der Waals surface area contributed by atoms with E-state index in [0.29, 0.717) is 12.8 Å². The molecule has 0 aliphatic heterocycles. The molecule has 20 heavy (non-hydrogen) atoms. The monoisotopic (exact) mass is 276 g/mol. The number of pyridine rings is 1. The third-order valence-corrected chi connectivity index (χ3v) is 4.33. The van der Waals surface area contributed by atoms with Gasteiger partial charge in [0.2, 0.25) is 5.92 Å². The van der Waals surface area contributed by atoms with Gasteiger partial charge in [-0.25, -0.2) is 8.78 Å². The Morgan fingerprint density at radius 1 is 1.15 bits per heavy atom. The lowest BCUT2D eigenvalue weighted by atomic mass is 9.79. The van der Waals surface area contributed by atoms with Gasteiger partial charge in [-0.05, 0) is 29.7 Å². The maximum Gasteiger partial charge on any atom is 0.248 e. The van der Waals surface area contributed by atoms with Crippen LogP contribution in [0.2, 0.25) is 0 Å². The number of nitrogens with zero attached hydrogens (tertiary/aromatic N) is 1. The summed E-state index contributed by atoms with van der Waals surface area (Å²) in [6, 6.07) is 7.72. The van der Waals surface area contributed by atoms with Gasteiger partial charge in [0.15, 0.2) is 0 Å². The fourth-order valence-corrected chi connectivity index (χ4v) is 3.08. The van der Waals surface area contributed by atoms with Crippen LogP contribution in [0, 0.1) is 5.92 Å². The summed E-state index contributed by atoms with van der Waals surface area (Å²) in [6.45, 7) is 0. The highest BCUT2D eigenvalue weighted by Gasteiger charge is 2.37. The summed E-state index contributed by atoms with van der Waals surface area (Å²) in [5, 5.41) is 2.12. The van der Waals surface area contributed by atoms with E-state index >= 15 is 0 Å². The van der Waals surface area contributed by atoms with Gasteiger partial charge < -0.3 is 5.73 Å². The molecular weight excluding hydrogens is 258 g/mol. The highest BCUT2D eigenvalue weighted by molar-refractivity contribution is 5.85. The minimum Gasteiger partial charge on any atom is -0.324 e. The summed E-state index contributed by atoms with van der Waals surface area (Å²) >= 11 is 0. The van der Waals surface area contributed by atoms with Crippen molar-refractivity contribution in [3.8, 4) is 0 Å². The zero-order valence-corrected chi connectivity index (χ0v) is 11.2. The Balaban J connectivity index is 1.88. The van der Waals surface area contributed by atoms with Crippen molar-refractivity contribution in [1.82, 2.24) is 4.98 Å². The molecule has 0 spiro atoms. The van der Waals surface area contributed by atoms with Crippen molar-refractivity contribution in [2.45, 2.75) is 37.6 Å². The van der Waals surface area contributed by atoms with E-state index in [1.165, 1.54) is 0 Å². The predicted octanol–water partition coefficient (Wildman–Crippen LogP) is 4.06. The molecule has 2 aromatic rings. The second kappa shape index (κ2) is 5.09. The van der Waals surface area contributed by atoms with Gasteiger partial charge in [-0.2, -0.15) is 0 Å². The van der Waals surface area contributed by atoms with Gasteiger partial charge >= 0.3 is 0 Å². The van der Waals surface area contributed by atoms with E-state index < -0.39 is 5.92 Å². The van der Waals surface area contributed by atoms with E-state index in [-0.39, 0.29) is 24.8 Å². The molecule has 1 aromatic heterocycles. The minimum absolute atomic E-state index is 0.0520. The van der Waals surface area contributed by atoms with Crippen LogP contribution in [0.3, 0.4) is 0 Å². The molecule has 4 heteroatoms. The first-order chi connectivity index (χ1) is 9.57. The van der Waals surface area contributed by atoms with Crippen molar-refractivity contribution in [2.75, 3.05) is 0 Å². The van der Waals surface area contributed by atoms with Crippen molar-refractivity contribution in [2.24, 2.45) is 11.7 Å². The second-order valence-electron chi connectivity index (χ2n) is 5.67. The Morgan fingerprint density at radius 3 is 2.60 bits per heavy atom. The van der Waals surface area contributed by atoms with Crippen molar-refractivity contribution < 1.29 is 8.78 Å². The number of hydrogen-bond donors (Lipinski definition) is 1. The average Bonchev–Trinajstić information content (AvgIpc) is 2.46. The normalized spacial score (nSPS) is 20.9. The maximum absolute atomic E-state index is 13.2. The number of nitrogens with two attached hydrogens (primary N) is 1. The predicted molar refractivity (Wildman–Crippen MR) is 75.6 cm³/mol. The largest absolute Gasteiger partial charge is 0.324 e. The Morgan fingerprint density at radius 2 is 1.85 bits per heavy atom. The van der Waals surface area contributed by atoms with Crippen LogP contribution < -0.4 is 5.73 Å². The number of alkyl halides is 2. The molecule has 1 aliphatic carbocycles. The highest BCUT2D eigenvalue weighted by Crippen LogP contribution is 2.41. The molecule has 0 bridgehead atoms. The topological polar surface area (TPSA) is 38.9 Å². The third kappa shape index (κ3) is 2.52. The third-order valence-electron chi connectivity index (χ3n) is 4.33. The molecule has 1 atom stereocenters. The number of hydrogen-bond acceptors (Lipinski definition) is 2. The van der Waals surface area contributed by atoms with Gasteiger partial charge in [-0.15, -0.1) is 0 Å². The van der Waals surface area contributed by atoms with Crippen LogP contribution in [0.25, 0.3) is 10.8 Å². The van der Waals surface area contributed by atoms with E-state index in [1.54, 1.807) is 12.4 Å². The number of rotatable bonds is 2. The molecule has 0 saturated heterocycles. The van der Waals surface area contributed by atoms with Crippen LogP contribution in [0.15, 0.2) is 36.7 Å². The molecule has 0 radical (unpaired) electrons. The van der Waals surface area contributed by atoms with Crippen LogP contribution in [0.4, 0.5) is 8.78 Å². The molecule has 0 amide bonds. The Kier molecular flexibility index (Phi) is 3.42. The van der Waals surface area contributed by atoms with Crippen LogP contribution >= 0.6 is 0 Å². The van der Waals surface area contributed by atoms with Crippen molar-refractivity contribution in [1.29, 1.82) is 0 Å². The molecule has 1 aromatic carbocycles. The Labute approximate surface area is 117 Å². The first-order valence-corrected chi connectivity index (χ1v) is 7.03. The molecule has 1 unspecified atom stereocenters. The van der Waals surface area contributed by atoms with E-state index in [2.05, 4.69) is 4.98 Å². The lowest BCUT2D eigenvalue weighted by Gasteiger charge is -2.32. The molecule has 3 rings (SSSR count). The smallest absolute Gasteiger partial charge is 0.248 e. The first-order valence-electron chi connectivity index (χ1n) is 7.03. The lowest BCUT2D eigenvalue weighted by molar-refractivity contribution is -0.0483. The van der Waals surface area contributed by atoms with Gasteiger partial charge in [-0.3, -0.25) is 4.98 Å². The van der Waals surface area contributed by atoms with Gasteiger partial charge in [0.05, 0.1) is 0 Å². The van der Waals surface area contributed by atoms with E-state index in [1.807, 2.05) is 24.3 Å². The highest BCUT2D eigenvalue weighted by atomic mass is 19.3. The summed E-state index contributed by atoms with van der Waals surface area (Å²) in [5.41, 5.74) is 7.31. The molecule has 1 fully saturated rings. The van der Waals surface area contributed by atoms with Crippen molar-refractivity contribution in [3.63, 3.8) is 0 Å². The number of fused-ring (bicyclic) bond motifs is 1. The molecule has 106 valence electrons. The van der Waals surface area contributed by atoms with E-state index in [4.69, 9.17) is 5.73 Å². The minimum atomic E-state index is -2.51. The summed E-state index contributed by atoms with van der Waals surface area (Å²) < 4.78 is 26.5. The molecule has 2 N–H and O–H groups in total. The molecule has 1 heterocycles. The molecule has 1 saturated carbocycles. The summed E-state index contributed by atoms with van der Waals surface area (Å²) in [7, 11) is 0. The molecular formula is C16H18F2N2. The molecule has 2 nitrogen and oxygen atoms in total. The van der Waals surface area contributed by atoms with Crippen molar-refractivity contribution in [3.05, 3.63) is 42.2 Å². The first kappa shape index (κ1) is 13.4. The number of halogens is 2. The molecule has 1 aliphatic rings. The Bertz CT molecular complexity index is 597. The second-order valence-corrected chi connectivity index (χ2v) is 5.67. The average molecular weight is 276 g/mol. The van der Waals surface area contributed by atoms with Gasteiger partial charge in [-0.1, -0.05) is 24.3 Å².